The molecule has 1 atom stereocenters. The van der Waals surface area contributed by atoms with Gasteiger partial charge in [-0.15, -0.1) is 0 Å². The average Bonchev–Trinajstić information content (AvgIpc) is 2.93. The minimum Gasteiger partial charge on any atom is -0.378 e. The molecule has 0 aliphatic carbocycles. The number of benzene rings is 2. The number of nitrogens with one attached hydrogen (secondary N) is 2. The summed E-state index contributed by atoms with van der Waals surface area (Å²) in [6.45, 7) is 2.18. The third kappa shape index (κ3) is 2.66. The minimum absolute atomic E-state index is 0.295. The topological polar surface area (TPSA) is 27.8 Å². The van der Waals surface area contributed by atoms with Crippen molar-refractivity contribution in [2.24, 2.45) is 0 Å². The maximum absolute atomic E-state index is 5.95. The number of rotatable bonds is 4. The predicted molar refractivity (Wildman–Crippen MR) is 86.4 cm³/mol. The van der Waals surface area contributed by atoms with Crippen LogP contribution in [0.2, 0.25) is 5.02 Å². The van der Waals surface area contributed by atoms with Gasteiger partial charge in [-0.1, -0.05) is 30.7 Å². The summed E-state index contributed by atoms with van der Waals surface area (Å²) in [4.78, 5) is 3.21. The van der Waals surface area contributed by atoms with Crippen molar-refractivity contribution in [2.75, 3.05) is 5.32 Å². The van der Waals surface area contributed by atoms with Crippen molar-refractivity contribution in [3.05, 3.63) is 65.3 Å². The molecule has 0 saturated heterocycles. The lowest BCUT2D eigenvalue weighted by Gasteiger charge is -2.19. The van der Waals surface area contributed by atoms with E-state index in [0.717, 1.165) is 22.6 Å². The summed E-state index contributed by atoms with van der Waals surface area (Å²) in [5, 5.41) is 5.59. The molecule has 1 aromatic heterocycles. The molecule has 0 bridgehead atoms. The fraction of sp³-hybridized carbons (Fsp3) is 0.176. The van der Waals surface area contributed by atoms with Crippen LogP contribution in [0, 0.1) is 0 Å². The fourth-order valence-corrected chi connectivity index (χ4v) is 2.59. The van der Waals surface area contributed by atoms with E-state index in [1.54, 1.807) is 0 Å². The van der Waals surface area contributed by atoms with E-state index in [4.69, 9.17) is 11.6 Å². The summed E-state index contributed by atoms with van der Waals surface area (Å²) >= 11 is 5.95. The Kier molecular flexibility index (Phi) is 3.66. The Bertz CT molecular complexity index is 700. The maximum atomic E-state index is 5.95. The monoisotopic (exact) mass is 284 g/mol. The number of H-pyrrole nitrogens is 1. The number of hydrogen-bond donors (Lipinski definition) is 2. The van der Waals surface area contributed by atoms with Crippen LogP contribution in [0.15, 0.2) is 54.7 Å². The Morgan fingerprint density at radius 3 is 2.65 bits per heavy atom. The summed E-state index contributed by atoms with van der Waals surface area (Å²) in [5.41, 5.74) is 3.56. The normalized spacial score (nSPS) is 12.5. The van der Waals surface area contributed by atoms with Crippen molar-refractivity contribution in [1.82, 2.24) is 4.98 Å². The molecule has 0 spiro atoms. The number of halogens is 1. The van der Waals surface area contributed by atoms with Crippen molar-refractivity contribution in [3.63, 3.8) is 0 Å². The van der Waals surface area contributed by atoms with Crippen LogP contribution in [-0.4, -0.2) is 4.98 Å². The molecule has 1 unspecified atom stereocenters. The Morgan fingerprint density at radius 1 is 1.10 bits per heavy atom. The van der Waals surface area contributed by atoms with E-state index in [-0.39, 0.29) is 0 Å². The number of anilines is 1. The van der Waals surface area contributed by atoms with Gasteiger partial charge in [0.05, 0.1) is 6.04 Å². The molecule has 2 N–H and O–H groups in total. The molecule has 102 valence electrons. The van der Waals surface area contributed by atoms with Crippen LogP contribution >= 0.6 is 11.6 Å². The first-order valence-corrected chi connectivity index (χ1v) is 7.23. The van der Waals surface area contributed by atoms with E-state index in [2.05, 4.69) is 53.6 Å². The molecule has 0 saturated carbocycles. The van der Waals surface area contributed by atoms with Gasteiger partial charge in [0.1, 0.15) is 0 Å². The first-order chi connectivity index (χ1) is 9.76. The van der Waals surface area contributed by atoms with Gasteiger partial charge in [0, 0.05) is 27.8 Å². The molecule has 3 aromatic rings. The largest absolute Gasteiger partial charge is 0.378 e. The number of fused-ring (bicyclic) bond motifs is 1. The number of aromatic nitrogens is 1. The molecule has 0 fully saturated rings. The van der Waals surface area contributed by atoms with Gasteiger partial charge < -0.3 is 10.3 Å². The summed E-state index contributed by atoms with van der Waals surface area (Å²) in [6.07, 6.45) is 2.98. The molecular formula is C17H17ClN2. The van der Waals surface area contributed by atoms with Crippen LogP contribution in [-0.2, 0) is 0 Å². The van der Waals surface area contributed by atoms with Crippen molar-refractivity contribution in [3.8, 4) is 0 Å². The molecule has 2 nitrogen and oxygen atoms in total. The number of hydrogen-bond acceptors (Lipinski definition) is 1. The zero-order chi connectivity index (χ0) is 13.9. The van der Waals surface area contributed by atoms with E-state index in [0.29, 0.717) is 6.04 Å². The Balaban J connectivity index is 1.84. The molecule has 2 aromatic carbocycles. The number of aromatic amines is 1. The molecule has 0 aliphatic rings. The highest BCUT2D eigenvalue weighted by atomic mass is 35.5. The molecule has 0 radical (unpaired) electrons. The summed E-state index contributed by atoms with van der Waals surface area (Å²) < 4.78 is 0. The predicted octanol–water partition coefficient (Wildman–Crippen LogP) is 5.38. The van der Waals surface area contributed by atoms with Crippen molar-refractivity contribution in [1.29, 1.82) is 0 Å². The van der Waals surface area contributed by atoms with Crippen LogP contribution in [0.5, 0.6) is 0 Å². The molecule has 3 rings (SSSR count). The van der Waals surface area contributed by atoms with E-state index in [9.17, 15) is 0 Å². The first-order valence-electron chi connectivity index (χ1n) is 6.85. The Hall–Kier alpha value is -1.93. The van der Waals surface area contributed by atoms with Crippen LogP contribution < -0.4 is 5.32 Å². The standard InChI is InChI=1S/C17H17ClN2/c1-2-16(12-3-5-14(18)6-4-12)20-15-7-8-17-13(11-15)9-10-19-17/h3-11,16,19-20H,2H2,1H3. The van der Waals surface area contributed by atoms with E-state index in [1.165, 1.54) is 10.9 Å². The van der Waals surface area contributed by atoms with Gasteiger partial charge in [-0.2, -0.15) is 0 Å². The maximum Gasteiger partial charge on any atom is 0.0511 e. The van der Waals surface area contributed by atoms with Crippen LogP contribution in [0.1, 0.15) is 24.9 Å². The van der Waals surface area contributed by atoms with Crippen molar-refractivity contribution < 1.29 is 0 Å². The molecule has 0 amide bonds. The average molecular weight is 285 g/mol. The second-order valence-electron chi connectivity index (χ2n) is 4.94. The summed E-state index contributed by atoms with van der Waals surface area (Å²) in [6, 6.07) is 16.8. The van der Waals surface area contributed by atoms with E-state index in [1.807, 2.05) is 18.3 Å². The smallest absolute Gasteiger partial charge is 0.0511 e. The highest BCUT2D eigenvalue weighted by Crippen LogP contribution is 2.26. The highest BCUT2D eigenvalue weighted by Gasteiger charge is 2.09. The van der Waals surface area contributed by atoms with Gasteiger partial charge in [0.25, 0.3) is 0 Å². The zero-order valence-corrected chi connectivity index (χ0v) is 12.1. The Labute approximate surface area is 123 Å². The van der Waals surface area contributed by atoms with Crippen LogP contribution in [0.4, 0.5) is 5.69 Å². The van der Waals surface area contributed by atoms with Gasteiger partial charge in [-0.05, 0) is 48.4 Å². The van der Waals surface area contributed by atoms with E-state index < -0.39 is 0 Å². The lowest BCUT2D eigenvalue weighted by Crippen LogP contribution is -2.09. The second kappa shape index (κ2) is 5.59. The summed E-state index contributed by atoms with van der Waals surface area (Å²) in [5.74, 6) is 0. The molecule has 0 aliphatic heterocycles. The first kappa shape index (κ1) is 13.1. The quantitative estimate of drug-likeness (QED) is 0.661. The van der Waals surface area contributed by atoms with Gasteiger partial charge in [-0.3, -0.25) is 0 Å². The zero-order valence-electron chi connectivity index (χ0n) is 11.4. The second-order valence-corrected chi connectivity index (χ2v) is 5.37. The van der Waals surface area contributed by atoms with Gasteiger partial charge >= 0.3 is 0 Å². The van der Waals surface area contributed by atoms with Crippen molar-refractivity contribution in [2.45, 2.75) is 19.4 Å². The highest BCUT2D eigenvalue weighted by molar-refractivity contribution is 6.30. The van der Waals surface area contributed by atoms with Gasteiger partial charge in [0.15, 0.2) is 0 Å². The lowest BCUT2D eigenvalue weighted by molar-refractivity contribution is 0.750. The van der Waals surface area contributed by atoms with Gasteiger partial charge in [-0.25, -0.2) is 0 Å². The molecule has 1 heterocycles. The van der Waals surface area contributed by atoms with Crippen molar-refractivity contribution >= 4 is 28.2 Å². The third-order valence-corrected chi connectivity index (χ3v) is 3.83. The molecular weight excluding hydrogens is 268 g/mol. The minimum atomic E-state index is 0.295. The SMILES string of the molecule is CCC(Nc1ccc2[nH]ccc2c1)c1ccc(Cl)cc1. The summed E-state index contributed by atoms with van der Waals surface area (Å²) in [7, 11) is 0. The fourth-order valence-electron chi connectivity index (χ4n) is 2.46. The van der Waals surface area contributed by atoms with Gasteiger partial charge in [0.2, 0.25) is 0 Å². The van der Waals surface area contributed by atoms with E-state index >= 15 is 0 Å². The van der Waals surface area contributed by atoms with Crippen LogP contribution in [0.25, 0.3) is 10.9 Å². The Morgan fingerprint density at radius 2 is 1.90 bits per heavy atom. The molecule has 20 heavy (non-hydrogen) atoms. The third-order valence-electron chi connectivity index (χ3n) is 3.57. The lowest BCUT2D eigenvalue weighted by atomic mass is 10.0. The molecule has 3 heteroatoms. The van der Waals surface area contributed by atoms with Crippen LogP contribution in [0.3, 0.4) is 0 Å².